The van der Waals surface area contributed by atoms with Crippen molar-refractivity contribution in [3.63, 3.8) is 0 Å². The van der Waals surface area contributed by atoms with Crippen molar-refractivity contribution < 1.29 is 19.3 Å². The zero-order valence-electron chi connectivity index (χ0n) is 16.1. The molecule has 8 heteroatoms. The lowest BCUT2D eigenvalue weighted by Crippen LogP contribution is -2.44. The first-order chi connectivity index (χ1) is 14.5. The normalized spacial score (nSPS) is 19.6. The number of amides is 3. The predicted octanol–water partition coefficient (Wildman–Crippen LogP) is 2.87. The second kappa shape index (κ2) is 6.76. The van der Waals surface area contributed by atoms with Crippen molar-refractivity contribution in [2.75, 3.05) is 6.54 Å². The molecule has 30 heavy (non-hydrogen) atoms. The zero-order valence-corrected chi connectivity index (χ0v) is 16.1. The van der Waals surface area contributed by atoms with Gasteiger partial charge < -0.3 is 4.90 Å². The summed E-state index contributed by atoms with van der Waals surface area (Å²) in [6.45, 7) is -0.404. The molecule has 0 N–H and O–H groups in total. The molecule has 3 amide bonds. The van der Waals surface area contributed by atoms with E-state index in [0.29, 0.717) is 0 Å². The first-order valence-electron chi connectivity index (χ1n) is 10.00. The number of fused-ring (bicyclic) bond motifs is 2. The molecule has 1 fully saturated rings. The lowest BCUT2D eigenvalue weighted by atomic mass is 10.1. The Labute approximate surface area is 172 Å². The summed E-state index contributed by atoms with van der Waals surface area (Å²) in [6, 6.07) is 12.0. The summed E-state index contributed by atoms with van der Waals surface area (Å²) >= 11 is 0. The van der Waals surface area contributed by atoms with Gasteiger partial charge in [-0.15, -0.1) is 0 Å². The Morgan fingerprint density at radius 2 is 1.83 bits per heavy atom. The molecule has 0 bridgehead atoms. The van der Waals surface area contributed by atoms with E-state index in [2.05, 4.69) is 6.07 Å². The quantitative estimate of drug-likeness (QED) is 0.433. The van der Waals surface area contributed by atoms with Crippen LogP contribution < -0.4 is 0 Å². The minimum atomic E-state index is -0.779. The number of imide groups is 1. The Hall–Kier alpha value is -3.55. The van der Waals surface area contributed by atoms with Crippen molar-refractivity contribution in [3.05, 3.63) is 74.8 Å². The first-order valence-corrected chi connectivity index (χ1v) is 10.00. The van der Waals surface area contributed by atoms with Crippen LogP contribution in [-0.4, -0.2) is 45.0 Å². The van der Waals surface area contributed by atoms with Crippen LogP contribution in [0.1, 0.15) is 57.1 Å². The van der Waals surface area contributed by atoms with Gasteiger partial charge in [0.05, 0.1) is 16.5 Å². The van der Waals surface area contributed by atoms with Gasteiger partial charge in [0.25, 0.3) is 17.5 Å². The average molecular weight is 405 g/mol. The Bertz CT molecular complexity index is 1110. The molecular formula is C22H19N3O5. The first kappa shape index (κ1) is 18.5. The molecule has 3 aliphatic rings. The number of rotatable bonds is 5. The maximum absolute atomic E-state index is 13.3. The van der Waals surface area contributed by atoms with Gasteiger partial charge in [-0.25, -0.2) is 0 Å². The SMILES string of the molecule is O=C1c2cccc([N+](=O)[O-])c2C(=O)N1CC(=O)N(C1CC1)C1CCc2ccccc21. The number of carbonyl (C=O) groups excluding carboxylic acids is 3. The molecule has 2 aliphatic carbocycles. The molecular weight excluding hydrogens is 386 g/mol. The van der Waals surface area contributed by atoms with Crippen LogP contribution in [0.3, 0.4) is 0 Å². The molecule has 1 atom stereocenters. The van der Waals surface area contributed by atoms with Crippen molar-refractivity contribution in [1.29, 1.82) is 0 Å². The predicted molar refractivity (Wildman–Crippen MR) is 106 cm³/mol. The average Bonchev–Trinajstić information content (AvgIpc) is 3.44. The zero-order chi connectivity index (χ0) is 21.0. The number of nitrogens with zero attached hydrogens (tertiary/aromatic N) is 3. The van der Waals surface area contributed by atoms with Crippen molar-refractivity contribution in [2.45, 2.75) is 37.8 Å². The summed E-state index contributed by atoms with van der Waals surface area (Å²) in [5.74, 6) is -1.73. The molecule has 1 saturated carbocycles. The van der Waals surface area contributed by atoms with Gasteiger partial charge in [0, 0.05) is 12.1 Å². The maximum Gasteiger partial charge on any atom is 0.282 e. The fraction of sp³-hybridized carbons (Fsp3) is 0.318. The molecule has 0 radical (unpaired) electrons. The Kier molecular flexibility index (Phi) is 4.16. The molecule has 1 aliphatic heterocycles. The van der Waals surface area contributed by atoms with Crippen molar-refractivity contribution in [2.24, 2.45) is 0 Å². The fourth-order valence-corrected chi connectivity index (χ4v) is 4.64. The topological polar surface area (TPSA) is 101 Å². The lowest BCUT2D eigenvalue weighted by Gasteiger charge is -2.31. The van der Waals surface area contributed by atoms with E-state index < -0.39 is 29.0 Å². The van der Waals surface area contributed by atoms with Crippen LogP contribution in [0, 0.1) is 10.1 Å². The molecule has 0 saturated heterocycles. The van der Waals surface area contributed by atoms with Crippen LogP contribution in [0.15, 0.2) is 42.5 Å². The number of aryl methyl sites for hydroxylation is 1. The van der Waals surface area contributed by atoms with E-state index in [1.54, 1.807) is 0 Å². The molecule has 5 rings (SSSR count). The second-order valence-electron chi connectivity index (χ2n) is 7.94. The standard InChI is InChI=1S/C22H19N3O5/c26-19(24(14-9-10-14)17-11-8-13-4-1-2-5-15(13)17)12-23-21(27)16-6-3-7-18(25(29)30)20(16)22(23)28/h1-7,14,17H,8-12H2. The summed E-state index contributed by atoms with van der Waals surface area (Å²) in [7, 11) is 0. The molecule has 0 aromatic heterocycles. The Balaban J connectivity index is 1.42. The molecule has 152 valence electrons. The number of nitro groups is 1. The number of nitro benzene ring substituents is 1. The van der Waals surface area contributed by atoms with Gasteiger partial charge >= 0.3 is 0 Å². The monoisotopic (exact) mass is 405 g/mol. The third-order valence-corrected chi connectivity index (χ3v) is 6.13. The van der Waals surface area contributed by atoms with Crippen molar-refractivity contribution >= 4 is 23.4 Å². The van der Waals surface area contributed by atoms with E-state index in [-0.39, 0.29) is 29.1 Å². The van der Waals surface area contributed by atoms with Gasteiger partial charge in [-0.05, 0) is 42.9 Å². The molecule has 8 nitrogen and oxygen atoms in total. The summed E-state index contributed by atoms with van der Waals surface area (Å²) in [5.41, 5.74) is 1.67. The minimum absolute atomic E-state index is 0.0221. The smallest absolute Gasteiger partial charge is 0.282 e. The van der Waals surface area contributed by atoms with Crippen molar-refractivity contribution in [1.82, 2.24) is 9.80 Å². The van der Waals surface area contributed by atoms with E-state index in [1.807, 2.05) is 23.1 Å². The number of hydrogen-bond donors (Lipinski definition) is 0. The summed E-state index contributed by atoms with van der Waals surface area (Å²) in [4.78, 5) is 52.1. The van der Waals surface area contributed by atoms with Crippen LogP contribution in [0.25, 0.3) is 0 Å². The summed E-state index contributed by atoms with van der Waals surface area (Å²) in [5, 5.41) is 11.3. The third-order valence-electron chi connectivity index (χ3n) is 6.13. The molecule has 1 unspecified atom stereocenters. The van der Waals surface area contributed by atoms with E-state index in [4.69, 9.17) is 0 Å². The Morgan fingerprint density at radius 3 is 2.57 bits per heavy atom. The highest BCUT2D eigenvalue weighted by atomic mass is 16.6. The van der Waals surface area contributed by atoms with E-state index in [1.165, 1.54) is 23.8 Å². The second-order valence-corrected chi connectivity index (χ2v) is 7.94. The number of carbonyl (C=O) groups is 3. The minimum Gasteiger partial charge on any atom is -0.331 e. The van der Waals surface area contributed by atoms with Crippen LogP contribution >= 0.6 is 0 Å². The molecule has 1 heterocycles. The number of benzene rings is 2. The van der Waals surface area contributed by atoms with Crippen molar-refractivity contribution in [3.8, 4) is 0 Å². The van der Waals surface area contributed by atoms with E-state index in [9.17, 15) is 24.5 Å². The Morgan fingerprint density at radius 1 is 1.07 bits per heavy atom. The van der Waals surface area contributed by atoms with E-state index in [0.717, 1.165) is 36.1 Å². The summed E-state index contributed by atoms with van der Waals surface area (Å²) in [6.07, 6.45) is 3.50. The highest BCUT2D eigenvalue weighted by Crippen LogP contribution is 2.42. The largest absolute Gasteiger partial charge is 0.331 e. The lowest BCUT2D eigenvalue weighted by molar-refractivity contribution is -0.385. The number of hydrogen-bond acceptors (Lipinski definition) is 5. The molecule has 2 aromatic carbocycles. The van der Waals surface area contributed by atoms with Crippen LogP contribution in [0.2, 0.25) is 0 Å². The third kappa shape index (κ3) is 2.79. The fourth-order valence-electron chi connectivity index (χ4n) is 4.64. The maximum atomic E-state index is 13.3. The van der Waals surface area contributed by atoms with Crippen LogP contribution in [0.5, 0.6) is 0 Å². The molecule has 2 aromatic rings. The van der Waals surface area contributed by atoms with Gasteiger partial charge in [-0.1, -0.05) is 30.3 Å². The summed E-state index contributed by atoms with van der Waals surface area (Å²) < 4.78 is 0. The van der Waals surface area contributed by atoms with Gasteiger partial charge in [-0.3, -0.25) is 29.4 Å². The molecule has 0 spiro atoms. The van der Waals surface area contributed by atoms with Gasteiger partial charge in [0.15, 0.2) is 0 Å². The van der Waals surface area contributed by atoms with E-state index >= 15 is 0 Å². The van der Waals surface area contributed by atoms with Gasteiger partial charge in [-0.2, -0.15) is 0 Å². The van der Waals surface area contributed by atoms with Gasteiger partial charge in [0.1, 0.15) is 12.1 Å². The van der Waals surface area contributed by atoms with Crippen LogP contribution in [-0.2, 0) is 11.2 Å². The van der Waals surface area contributed by atoms with Gasteiger partial charge in [0.2, 0.25) is 5.91 Å². The highest BCUT2D eigenvalue weighted by molar-refractivity contribution is 6.24. The van der Waals surface area contributed by atoms with Crippen LogP contribution in [0.4, 0.5) is 5.69 Å². The highest BCUT2D eigenvalue weighted by Gasteiger charge is 2.45.